The summed E-state index contributed by atoms with van der Waals surface area (Å²) in [4.78, 5) is 10.5. The fraction of sp³-hybridized carbons (Fsp3) is 0.235. The Morgan fingerprint density at radius 3 is 2.43 bits per heavy atom. The zero-order valence-corrected chi connectivity index (χ0v) is 11.9. The monoisotopic (exact) mass is 286 g/mol. The zero-order chi connectivity index (χ0) is 15.1. The van der Waals surface area contributed by atoms with E-state index in [2.05, 4.69) is 0 Å². The van der Waals surface area contributed by atoms with Gasteiger partial charge in [0.05, 0.1) is 6.10 Å². The number of rotatable bonds is 7. The molecule has 4 heteroatoms. The third-order valence-corrected chi connectivity index (χ3v) is 2.89. The van der Waals surface area contributed by atoms with E-state index in [-0.39, 0.29) is 12.5 Å². The third kappa shape index (κ3) is 5.18. The van der Waals surface area contributed by atoms with Crippen molar-refractivity contribution < 1.29 is 19.4 Å². The van der Waals surface area contributed by atoms with E-state index in [0.29, 0.717) is 17.9 Å². The number of ether oxygens (including phenoxy) is 2. The number of carboxylic acid groups (broad SMARTS) is 1. The molecule has 0 aliphatic rings. The summed E-state index contributed by atoms with van der Waals surface area (Å²) in [7, 11) is 0. The normalized spacial score (nSPS) is 11.7. The summed E-state index contributed by atoms with van der Waals surface area (Å²) in [5, 5.41) is 8.66. The van der Waals surface area contributed by atoms with Gasteiger partial charge in [0, 0.05) is 12.5 Å². The molecule has 0 aromatic heterocycles. The summed E-state index contributed by atoms with van der Waals surface area (Å²) in [5.74, 6) is 1.30. The van der Waals surface area contributed by atoms with Crippen LogP contribution in [0.4, 0.5) is 0 Å². The summed E-state index contributed by atoms with van der Waals surface area (Å²) in [6.45, 7) is 1.85. The van der Waals surface area contributed by atoms with Gasteiger partial charge >= 0.3 is 5.97 Å². The topological polar surface area (TPSA) is 55.8 Å². The van der Waals surface area contributed by atoms with Crippen LogP contribution in [-0.2, 0) is 4.79 Å². The highest BCUT2D eigenvalue weighted by Gasteiger charge is 2.08. The Morgan fingerprint density at radius 1 is 1.05 bits per heavy atom. The van der Waals surface area contributed by atoms with Crippen molar-refractivity contribution in [2.75, 3.05) is 0 Å². The Hall–Kier alpha value is -2.49. The van der Waals surface area contributed by atoms with Crippen LogP contribution in [0.2, 0.25) is 0 Å². The molecule has 2 rings (SSSR count). The smallest absolute Gasteiger partial charge is 0.303 e. The predicted octanol–water partition coefficient (Wildman–Crippen LogP) is 4.11. The third-order valence-electron chi connectivity index (χ3n) is 2.89. The van der Waals surface area contributed by atoms with Crippen LogP contribution in [0.25, 0.3) is 0 Å². The lowest BCUT2D eigenvalue weighted by Gasteiger charge is -2.14. The molecule has 110 valence electrons. The molecule has 1 N–H and O–H groups in total. The second kappa shape index (κ2) is 7.33. The fourth-order valence-electron chi connectivity index (χ4n) is 1.85. The van der Waals surface area contributed by atoms with Crippen molar-refractivity contribution in [3.05, 3.63) is 54.6 Å². The van der Waals surface area contributed by atoms with Crippen LogP contribution < -0.4 is 9.47 Å². The van der Waals surface area contributed by atoms with Gasteiger partial charge in [0.15, 0.2) is 0 Å². The maximum absolute atomic E-state index is 10.5. The van der Waals surface area contributed by atoms with Gasteiger partial charge in [0.2, 0.25) is 0 Å². The average Bonchev–Trinajstić information content (AvgIpc) is 2.46. The molecule has 0 saturated carbocycles. The standard InChI is InChI=1S/C17H18O4/c1-13(10-11-17(18)19)20-15-8-5-9-16(12-15)21-14-6-3-2-4-7-14/h2-9,12-13H,10-11H2,1H3,(H,18,19). The van der Waals surface area contributed by atoms with Gasteiger partial charge in [0.1, 0.15) is 17.2 Å². The largest absolute Gasteiger partial charge is 0.491 e. The summed E-state index contributed by atoms with van der Waals surface area (Å²) < 4.78 is 11.4. The van der Waals surface area contributed by atoms with E-state index < -0.39 is 5.97 Å². The number of hydrogen-bond acceptors (Lipinski definition) is 3. The Bertz CT molecular complexity index is 580. The first kappa shape index (κ1) is 14.9. The van der Waals surface area contributed by atoms with Crippen LogP contribution >= 0.6 is 0 Å². The molecule has 0 bridgehead atoms. The van der Waals surface area contributed by atoms with Gasteiger partial charge in [0.25, 0.3) is 0 Å². The molecule has 2 aromatic rings. The second-order valence-electron chi connectivity index (χ2n) is 4.75. The number of carboxylic acids is 1. The Morgan fingerprint density at radius 2 is 1.71 bits per heavy atom. The molecule has 0 amide bonds. The van der Waals surface area contributed by atoms with Crippen LogP contribution in [-0.4, -0.2) is 17.2 Å². The highest BCUT2D eigenvalue weighted by atomic mass is 16.5. The average molecular weight is 286 g/mol. The van der Waals surface area contributed by atoms with Crippen LogP contribution in [0.15, 0.2) is 54.6 Å². The fourth-order valence-corrected chi connectivity index (χ4v) is 1.85. The molecule has 0 heterocycles. The van der Waals surface area contributed by atoms with E-state index in [9.17, 15) is 4.79 Å². The molecule has 2 aromatic carbocycles. The Kier molecular flexibility index (Phi) is 5.21. The number of hydrogen-bond donors (Lipinski definition) is 1. The van der Waals surface area contributed by atoms with Crippen molar-refractivity contribution in [3.8, 4) is 17.2 Å². The summed E-state index contributed by atoms with van der Waals surface area (Å²) in [5.41, 5.74) is 0. The van der Waals surface area contributed by atoms with Crippen LogP contribution in [0, 0.1) is 0 Å². The first-order valence-corrected chi connectivity index (χ1v) is 6.85. The molecular formula is C17H18O4. The molecule has 4 nitrogen and oxygen atoms in total. The van der Waals surface area contributed by atoms with Crippen LogP contribution in [0.5, 0.6) is 17.2 Å². The van der Waals surface area contributed by atoms with E-state index in [1.165, 1.54) is 0 Å². The van der Waals surface area contributed by atoms with E-state index in [0.717, 1.165) is 5.75 Å². The predicted molar refractivity (Wildman–Crippen MR) is 79.9 cm³/mol. The molecule has 1 unspecified atom stereocenters. The summed E-state index contributed by atoms with van der Waals surface area (Å²) in [6.07, 6.45) is 0.411. The SMILES string of the molecule is CC(CCC(=O)O)Oc1cccc(Oc2ccccc2)c1. The molecular weight excluding hydrogens is 268 g/mol. The number of aliphatic carboxylic acids is 1. The molecule has 21 heavy (non-hydrogen) atoms. The number of para-hydroxylation sites is 1. The maximum atomic E-state index is 10.5. The van der Waals surface area contributed by atoms with Gasteiger partial charge in [-0.2, -0.15) is 0 Å². The molecule has 0 spiro atoms. The highest BCUT2D eigenvalue weighted by molar-refractivity contribution is 5.66. The van der Waals surface area contributed by atoms with Gasteiger partial charge in [-0.25, -0.2) is 0 Å². The molecule has 0 aliphatic carbocycles. The first-order valence-electron chi connectivity index (χ1n) is 6.85. The van der Waals surface area contributed by atoms with E-state index in [1.807, 2.05) is 55.5 Å². The Balaban J connectivity index is 1.96. The van der Waals surface area contributed by atoms with Crippen molar-refractivity contribution in [3.63, 3.8) is 0 Å². The minimum Gasteiger partial charge on any atom is -0.491 e. The highest BCUT2D eigenvalue weighted by Crippen LogP contribution is 2.25. The van der Waals surface area contributed by atoms with Crippen molar-refractivity contribution in [2.45, 2.75) is 25.9 Å². The molecule has 0 aliphatic heterocycles. The van der Waals surface area contributed by atoms with Gasteiger partial charge in [-0.15, -0.1) is 0 Å². The molecule has 0 fully saturated rings. The van der Waals surface area contributed by atoms with Gasteiger partial charge in [-0.1, -0.05) is 24.3 Å². The van der Waals surface area contributed by atoms with Gasteiger partial charge < -0.3 is 14.6 Å². The minimum atomic E-state index is -0.813. The van der Waals surface area contributed by atoms with E-state index >= 15 is 0 Å². The summed E-state index contributed by atoms with van der Waals surface area (Å²) in [6, 6.07) is 16.8. The van der Waals surface area contributed by atoms with Gasteiger partial charge in [-0.05, 0) is 37.6 Å². The number of benzene rings is 2. The Labute approximate surface area is 123 Å². The van der Waals surface area contributed by atoms with Crippen molar-refractivity contribution in [2.24, 2.45) is 0 Å². The maximum Gasteiger partial charge on any atom is 0.303 e. The molecule has 0 radical (unpaired) electrons. The quantitative estimate of drug-likeness (QED) is 0.832. The van der Waals surface area contributed by atoms with E-state index in [4.69, 9.17) is 14.6 Å². The lowest BCUT2D eigenvalue weighted by Crippen LogP contribution is -2.13. The van der Waals surface area contributed by atoms with Crippen molar-refractivity contribution >= 4 is 5.97 Å². The van der Waals surface area contributed by atoms with Crippen molar-refractivity contribution in [1.29, 1.82) is 0 Å². The van der Waals surface area contributed by atoms with Crippen LogP contribution in [0.1, 0.15) is 19.8 Å². The van der Waals surface area contributed by atoms with Gasteiger partial charge in [-0.3, -0.25) is 4.79 Å². The molecule has 1 atom stereocenters. The lowest BCUT2D eigenvalue weighted by atomic mass is 10.2. The first-order chi connectivity index (χ1) is 10.1. The molecule has 0 saturated heterocycles. The minimum absolute atomic E-state index is 0.0986. The van der Waals surface area contributed by atoms with Crippen molar-refractivity contribution in [1.82, 2.24) is 0 Å². The summed E-state index contributed by atoms with van der Waals surface area (Å²) >= 11 is 0. The number of carbonyl (C=O) groups is 1. The van der Waals surface area contributed by atoms with Crippen LogP contribution in [0.3, 0.4) is 0 Å². The second-order valence-corrected chi connectivity index (χ2v) is 4.75. The lowest BCUT2D eigenvalue weighted by molar-refractivity contribution is -0.137. The van der Waals surface area contributed by atoms with E-state index in [1.54, 1.807) is 6.07 Å². The zero-order valence-electron chi connectivity index (χ0n) is 11.9.